The molecule has 0 radical (unpaired) electrons. The molecule has 0 fully saturated rings. The first kappa shape index (κ1) is 24.9. The Bertz CT molecular complexity index is 770. The quantitative estimate of drug-likeness (QED) is 0.270. The van der Waals surface area contributed by atoms with Crippen LogP contribution in [0.25, 0.3) is 0 Å². The number of guanidine groups is 1. The number of aliphatic imine (C=N–C) groups is 1. The van der Waals surface area contributed by atoms with Gasteiger partial charge in [0.2, 0.25) is 0 Å². The van der Waals surface area contributed by atoms with Crippen molar-refractivity contribution in [3.63, 3.8) is 0 Å². The Morgan fingerprint density at radius 3 is 2.41 bits per heavy atom. The number of amides is 1. The van der Waals surface area contributed by atoms with Crippen molar-refractivity contribution in [2.75, 3.05) is 13.6 Å². The molecule has 0 unspecified atom stereocenters. The lowest BCUT2D eigenvalue weighted by Gasteiger charge is -2.10. The zero-order chi connectivity index (χ0) is 20.4. The van der Waals surface area contributed by atoms with Crippen LogP contribution in [0, 0.1) is 0 Å². The summed E-state index contributed by atoms with van der Waals surface area (Å²) in [5.41, 5.74) is 2.68. The minimum Gasteiger partial charge on any atom is -0.359 e. The standard InChI is InChI=1S/C21H31N5O2.HI/c1-5-16(6-2)19-12-18(28-26-19)14-25-21(23-7-3)24-13-15-8-10-17(11-9-15)20(27)22-4;/h8-12,16H,5-7,13-14H2,1-4H3,(H,22,27)(H2,23,24,25);1H. The number of benzene rings is 1. The molecular weight excluding hydrogens is 481 g/mol. The van der Waals surface area contributed by atoms with Gasteiger partial charge in [-0.25, -0.2) is 4.99 Å². The smallest absolute Gasteiger partial charge is 0.251 e. The van der Waals surface area contributed by atoms with Gasteiger partial charge in [0, 0.05) is 31.1 Å². The topological polar surface area (TPSA) is 91.5 Å². The summed E-state index contributed by atoms with van der Waals surface area (Å²) in [6.07, 6.45) is 2.11. The minimum atomic E-state index is -0.0927. The number of hydrogen-bond acceptors (Lipinski definition) is 4. The Morgan fingerprint density at radius 1 is 1.14 bits per heavy atom. The molecule has 0 saturated carbocycles. The third kappa shape index (κ3) is 7.68. The second-order valence-electron chi connectivity index (χ2n) is 6.56. The molecule has 3 N–H and O–H groups in total. The first-order valence-corrected chi connectivity index (χ1v) is 9.89. The van der Waals surface area contributed by atoms with E-state index in [1.807, 2.05) is 25.1 Å². The van der Waals surface area contributed by atoms with Gasteiger partial charge in [-0.1, -0.05) is 31.1 Å². The van der Waals surface area contributed by atoms with Crippen molar-refractivity contribution in [3.05, 3.63) is 52.9 Å². The maximum Gasteiger partial charge on any atom is 0.251 e. The van der Waals surface area contributed by atoms with Gasteiger partial charge in [0.15, 0.2) is 11.7 Å². The van der Waals surface area contributed by atoms with Gasteiger partial charge in [0.25, 0.3) is 5.91 Å². The van der Waals surface area contributed by atoms with Gasteiger partial charge in [0.1, 0.15) is 0 Å². The SMILES string of the molecule is CCNC(=NCc1ccc(C(=O)NC)cc1)NCc1cc(C(CC)CC)no1.I. The molecule has 0 aliphatic rings. The number of halogens is 1. The summed E-state index contributed by atoms with van der Waals surface area (Å²) in [5.74, 6) is 1.85. The van der Waals surface area contributed by atoms with Gasteiger partial charge < -0.3 is 20.5 Å². The normalized spacial score (nSPS) is 11.1. The summed E-state index contributed by atoms with van der Waals surface area (Å²) in [7, 11) is 1.62. The molecule has 29 heavy (non-hydrogen) atoms. The lowest BCUT2D eigenvalue weighted by molar-refractivity contribution is 0.0963. The van der Waals surface area contributed by atoms with Crippen LogP contribution in [0.1, 0.15) is 66.9 Å². The summed E-state index contributed by atoms with van der Waals surface area (Å²) in [6.45, 7) is 8.15. The predicted octanol–water partition coefficient (Wildman–Crippen LogP) is 3.81. The molecule has 1 heterocycles. The zero-order valence-electron chi connectivity index (χ0n) is 17.6. The van der Waals surface area contributed by atoms with Crippen LogP contribution >= 0.6 is 24.0 Å². The highest BCUT2D eigenvalue weighted by molar-refractivity contribution is 14.0. The van der Waals surface area contributed by atoms with Crippen LogP contribution in [0.4, 0.5) is 0 Å². The van der Waals surface area contributed by atoms with E-state index in [1.54, 1.807) is 19.2 Å². The highest BCUT2D eigenvalue weighted by atomic mass is 127. The summed E-state index contributed by atoms with van der Waals surface area (Å²) < 4.78 is 5.45. The van der Waals surface area contributed by atoms with Gasteiger partial charge >= 0.3 is 0 Å². The fourth-order valence-electron chi connectivity index (χ4n) is 2.90. The molecule has 0 spiro atoms. The van der Waals surface area contributed by atoms with Crippen LogP contribution < -0.4 is 16.0 Å². The Hall–Kier alpha value is -2.10. The second-order valence-corrected chi connectivity index (χ2v) is 6.56. The van der Waals surface area contributed by atoms with E-state index >= 15 is 0 Å². The van der Waals surface area contributed by atoms with E-state index < -0.39 is 0 Å². The number of rotatable bonds is 9. The second kappa shape index (κ2) is 13.2. The van der Waals surface area contributed by atoms with E-state index in [2.05, 4.69) is 39.9 Å². The fraction of sp³-hybridized carbons (Fsp3) is 0.476. The van der Waals surface area contributed by atoms with E-state index in [4.69, 9.17) is 4.52 Å². The maximum atomic E-state index is 11.6. The van der Waals surface area contributed by atoms with Crippen molar-refractivity contribution in [1.29, 1.82) is 0 Å². The van der Waals surface area contributed by atoms with Crippen molar-refractivity contribution in [3.8, 4) is 0 Å². The molecule has 1 aromatic heterocycles. The summed E-state index contributed by atoms with van der Waals surface area (Å²) in [4.78, 5) is 16.2. The average molecular weight is 513 g/mol. The lowest BCUT2D eigenvalue weighted by Crippen LogP contribution is -2.36. The number of nitrogens with one attached hydrogen (secondary N) is 3. The molecule has 7 nitrogen and oxygen atoms in total. The highest BCUT2D eigenvalue weighted by Crippen LogP contribution is 2.22. The van der Waals surface area contributed by atoms with Crippen LogP contribution in [-0.4, -0.2) is 30.6 Å². The summed E-state index contributed by atoms with van der Waals surface area (Å²) in [5, 5.41) is 13.3. The van der Waals surface area contributed by atoms with Crippen LogP contribution in [0.5, 0.6) is 0 Å². The first-order valence-electron chi connectivity index (χ1n) is 9.89. The van der Waals surface area contributed by atoms with Gasteiger partial charge in [-0.2, -0.15) is 0 Å². The van der Waals surface area contributed by atoms with Crippen LogP contribution in [0.2, 0.25) is 0 Å². The van der Waals surface area contributed by atoms with E-state index in [0.29, 0.717) is 30.5 Å². The molecule has 0 bridgehead atoms. The Kier molecular flexibility index (Phi) is 11.3. The Morgan fingerprint density at radius 2 is 1.83 bits per heavy atom. The molecular formula is C21H32IN5O2. The number of hydrogen-bond donors (Lipinski definition) is 3. The van der Waals surface area contributed by atoms with Gasteiger partial charge in [-0.05, 0) is 37.5 Å². The molecule has 1 aromatic carbocycles. The third-order valence-electron chi connectivity index (χ3n) is 4.62. The molecule has 160 valence electrons. The lowest BCUT2D eigenvalue weighted by atomic mass is 9.99. The molecule has 0 atom stereocenters. The number of nitrogens with zero attached hydrogens (tertiary/aromatic N) is 2. The summed E-state index contributed by atoms with van der Waals surface area (Å²) >= 11 is 0. The number of aromatic nitrogens is 1. The molecule has 1 amide bonds. The molecule has 0 aliphatic heterocycles. The van der Waals surface area contributed by atoms with Crippen molar-refractivity contribution < 1.29 is 9.32 Å². The summed E-state index contributed by atoms with van der Waals surface area (Å²) in [6, 6.07) is 9.45. The van der Waals surface area contributed by atoms with Gasteiger partial charge in [-0.3, -0.25) is 4.79 Å². The van der Waals surface area contributed by atoms with E-state index in [-0.39, 0.29) is 29.9 Å². The number of carbonyl (C=O) groups is 1. The Balaban J connectivity index is 0.00000420. The van der Waals surface area contributed by atoms with Gasteiger partial charge in [-0.15, -0.1) is 24.0 Å². The third-order valence-corrected chi connectivity index (χ3v) is 4.62. The van der Waals surface area contributed by atoms with Gasteiger partial charge in [0.05, 0.1) is 18.8 Å². The van der Waals surface area contributed by atoms with Crippen molar-refractivity contribution in [2.45, 2.75) is 52.6 Å². The molecule has 2 rings (SSSR count). The van der Waals surface area contributed by atoms with Crippen molar-refractivity contribution >= 4 is 35.8 Å². The first-order chi connectivity index (χ1) is 13.6. The highest BCUT2D eigenvalue weighted by Gasteiger charge is 2.13. The molecule has 0 aliphatic carbocycles. The Labute approximate surface area is 190 Å². The van der Waals surface area contributed by atoms with E-state index in [1.165, 1.54) is 0 Å². The van der Waals surface area contributed by atoms with Crippen molar-refractivity contribution in [2.24, 2.45) is 4.99 Å². The minimum absolute atomic E-state index is 0. The van der Waals surface area contributed by atoms with E-state index in [0.717, 1.165) is 36.4 Å². The predicted molar refractivity (Wildman–Crippen MR) is 127 cm³/mol. The monoisotopic (exact) mass is 513 g/mol. The molecule has 8 heteroatoms. The average Bonchev–Trinajstić information content (AvgIpc) is 3.19. The molecule has 2 aromatic rings. The number of carbonyl (C=O) groups excluding carboxylic acids is 1. The largest absolute Gasteiger partial charge is 0.359 e. The molecule has 0 saturated heterocycles. The van der Waals surface area contributed by atoms with Crippen LogP contribution in [0.3, 0.4) is 0 Å². The zero-order valence-corrected chi connectivity index (χ0v) is 19.9. The fourth-order valence-corrected chi connectivity index (χ4v) is 2.90. The van der Waals surface area contributed by atoms with E-state index in [9.17, 15) is 4.79 Å². The van der Waals surface area contributed by atoms with Crippen molar-refractivity contribution in [1.82, 2.24) is 21.1 Å². The van der Waals surface area contributed by atoms with Crippen LogP contribution in [0.15, 0.2) is 39.8 Å². The van der Waals surface area contributed by atoms with Crippen LogP contribution in [-0.2, 0) is 13.1 Å². The maximum absolute atomic E-state index is 11.6.